The minimum absolute atomic E-state index is 0.372. The molecular formula is C11H3F6NO. The summed E-state index contributed by atoms with van der Waals surface area (Å²) in [7, 11) is 0. The van der Waals surface area contributed by atoms with Crippen molar-refractivity contribution >= 4 is 0 Å². The highest BCUT2D eigenvalue weighted by atomic mass is 19.2. The summed E-state index contributed by atoms with van der Waals surface area (Å²) < 4.78 is 78.4. The van der Waals surface area contributed by atoms with Gasteiger partial charge in [-0.05, 0) is 6.07 Å². The number of aromatic nitrogens is 1. The van der Waals surface area contributed by atoms with Gasteiger partial charge in [-0.1, -0.05) is 0 Å². The van der Waals surface area contributed by atoms with Crippen molar-refractivity contribution in [3.63, 3.8) is 0 Å². The molecule has 0 aliphatic rings. The third-order valence-electron chi connectivity index (χ3n) is 2.36. The van der Waals surface area contributed by atoms with Crippen molar-refractivity contribution in [1.29, 1.82) is 0 Å². The summed E-state index contributed by atoms with van der Waals surface area (Å²) in [5.41, 5.74) is -3.18. The lowest BCUT2D eigenvalue weighted by atomic mass is 10.1. The van der Waals surface area contributed by atoms with Gasteiger partial charge in [-0.15, -0.1) is 0 Å². The van der Waals surface area contributed by atoms with Crippen LogP contribution >= 0.6 is 0 Å². The molecule has 1 aromatic heterocycles. The Kier molecular flexibility index (Phi) is 3.09. The first kappa shape index (κ1) is 13.2. The van der Waals surface area contributed by atoms with Crippen LogP contribution in [0.2, 0.25) is 0 Å². The standard InChI is InChI=1S/C11H3F6NO/c12-4-1-3(2-18-11(4)19)5-6(13)8(15)10(17)9(16)7(5)14/h1-2H,(H,18,19). The second-order valence-electron chi connectivity index (χ2n) is 3.51. The zero-order valence-corrected chi connectivity index (χ0v) is 8.83. The van der Waals surface area contributed by atoms with Gasteiger partial charge in [-0.2, -0.15) is 0 Å². The van der Waals surface area contributed by atoms with Crippen LogP contribution in [0.15, 0.2) is 17.1 Å². The number of pyridine rings is 1. The maximum Gasteiger partial charge on any atom is 0.283 e. The first-order chi connectivity index (χ1) is 8.84. The number of H-pyrrole nitrogens is 1. The van der Waals surface area contributed by atoms with Gasteiger partial charge < -0.3 is 4.98 Å². The van der Waals surface area contributed by atoms with E-state index in [1.165, 1.54) is 0 Å². The van der Waals surface area contributed by atoms with E-state index < -0.39 is 51.6 Å². The summed E-state index contributed by atoms with van der Waals surface area (Å²) in [6.07, 6.45) is 0.643. The van der Waals surface area contributed by atoms with Gasteiger partial charge in [0.1, 0.15) is 0 Å². The Balaban J connectivity index is 2.82. The van der Waals surface area contributed by atoms with Gasteiger partial charge in [0.2, 0.25) is 5.82 Å². The summed E-state index contributed by atoms with van der Waals surface area (Å²) in [4.78, 5) is 12.5. The van der Waals surface area contributed by atoms with E-state index in [0.29, 0.717) is 12.3 Å². The van der Waals surface area contributed by atoms with Crippen LogP contribution < -0.4 is 5.56 Å². The van der Waals surface area contributed by atoms with E-state index in [2.05, 4.69) is 0 Å². The fraction of sp³-hybridized carbons (Fsp3) is 0. The maximum atomic E-state index is 13.4. The zero-order chi connectivity index (χ0) is 14.3. The number of hydrogen-bond donors (Lipinski definition) is 1. The third-order valence-corrected chi connectivity index (χ3v) is 2.36. The largest absolute Gasteiger partial charge is 0.326 e. The molecule has 1 aromatic carbocycles. The molecule has 0 unspecified atom stereocenters. The third kappa shape index (κ3) is 1.98. The summed E-state index contributed by atoms with van der Waals surface area (Å²) in [5, 5.41) is 0. The number of rotatable bonds is 1. The van der Waals surface area contributed by atoms with E-state index >= 15 is 0 Å². The van der Waals surface area contributed by atoms with E-state index in [1.54, 1.807) is 4.98 Å². The van der Waals surface area contributed by atoms with Gasteiger partial charge in [0.05, 0.1) is 5.56 Å². The molecule has 1 N–H and O–H groups in total. The molecule has 2 aromatic rings. The molecule has 19 heavy (non-hydrogen) atoms. The van der Waals surface area contributed by atoms with E-state index in [1.807, 2.05) is 0 Å². The Bertz CT molecular complexity index is 695. The highest BCUT2D eigenvalue weighted by Gasteiger charge is 2.26. The van der Waals surface area contributed by atoms with Gasteiger partial charge >= 0.3 is 0 Å². The minimum Gasteiger partial charge on any atom is -0.326 e. The predicted octanol–water partition coefficient (Wildman–Crippen LogP) is 2.88. The van der Waals surface area contributed by atoms with Crippen molar-refractivity contribution in [3.8, 4) is 11.1 Å². The Morgan fingerprint density at radius 2 is 1.26 bits per heavy atom. The Morgan fingerprint density at radius 3 is 1.74 bits per heavy atom. The monoisotopic (exact) mass is 279 g/mol. The molecular weight excluding hydrogens is 276 g/mol. The molecule has 0 aliphatic heterocycles. The SMILES string of the molecule is O=c1[nH]cc(-c2c(F)c(F)c(F)c(F)c2F)cc1F. The predicted molar refractivity (Wildman–Crippen MR) is 52.2 cm³/mol. The van der Waals surface area contributed by atoms with Crippen LogP contribution in [0.1, 0.15) is 0 Å². The molecule has 0 radical (unpaired) electrons. The second kappa shape index (κ2) is 4.45. The molecule has 0 amide bonds. The first-order valence-corrected chi connectivity index (χ1v) is 4.74. The van der Waals surface area contributed by atoms with Crippen LogP contribution in [-0.2, 0) is 0 Å². The van der Waals surface area contributed by atoms with E-state index in [-0.39, 0.29) is 0 Å². The fourth-order valence-corrected chi connectivity index (χ4v) is 1.46. The van der Waals surface area contributed by atoms with Crippen molar-refractivity contribution in [2.75, 3.05) is 0 Å². The minimum atomic E-state index is -2.32. The Hall–Kier alpha value is -2.25. The highest BCUT2D eigenvalue weighted by molar-refractivity contribution is 5.64. The number of aromatic amines is 1. The van der Waals surface area contributed by atoms with E-state index in [0.717, 1.165) is 0 Å². The van der Waals surface area contributed by atoms with E-state index in [9.17, 15) is 31.1 Å². The Labute approximate surface area is 101 Å². The van der Waals surface area contributed by atoms with Gasteiger partial charge in [0, 0.05) is 11.8 Å². The average Bonchev–Trinajstić information content (AvgIpc) is 2.38. The molecule has 0 fully saturated rings. The average molecular weight is 279 g/mol. The highest BCUT2D eigenvalue weighted by Crippen LogP contribution is 2.30. The van der Waals surface area contributed by atoms with Crippen molar-refractivity contribution in [2.24, 2.45) is 0 Å². The maximum absolute atomic E-state index is 13.4. The second-order valence-corrected chi connectivity index (χ2v) is 3.51. The number of halogens is 6. The molecule has 8 heteroatoms. The van der Waals surface area contributed by atoms with E-state index in [4.69, 9.17) is 0 Å². The lowest BCUT2D eigenvalue weighted by Crippen LogP contribution is -2.11. The van der Waals surface area contributed by atoms with Gasteiger partial charge in [0.25, 0.3) is 5.56 Å². The zero-order valence-electron chi connectivity index (χ0n) is 8.83. The summed E-state index contributed by atoms with van der Waals surface area (Å²) in [6.45, 7) is 0. The lowest BCUT2D eigenvalue weighted by molar-refractivity contribution is 0.381. The summed E-state index contributed by atoms with van der Waals surface area (Å²) in [6, 6.07) is 0.372. The van der Waals surface area contributed by atoms with Crippen LogP contribution in [0, 0.1) is 34.9 Å². The number of nitrogens with one attached hydrogen (secondary N) is 1. The molecule has 0 bridgehead atoms. The molecule has 0 saturated carbocycles. The smallest absolute Gasteiger partial charge is 0.283 e. The topological polar surface area (TPSA) is 32.9 Å². The van der Waals surface area contributed by atoms with Gasteiger partial charge in [0.15, 0.2) is 29.1 Å². The molecule has 0 atom stereocenters. The normalized spacial score (nSPS) is 10.8. The quantitative estimate of drug-likeness (QED) is 0.486. The van der Waals surface area contributed by atoms with Gasteiger partial charge in [-0.3, -0.25) is 4.79 Å². The summed E-state index contributed by atoms with van der Waals surface area (Å²) in [5.74, 6) is -12.3. The van der Waals surface area contributed by atoms with Crippen LogP contribution in [0.4, 0.5) is 26.3 Å². The van der Waals surface area contributed by atoms with Crippen LogP contribution in [0.25, 0.3) is 11.1 Å². The lowest BCUT2D eigenvalue weighted by Gasteiger charge is -2.08. The van der Waals surface area contributed by atoms with Crippen LogP contribution in [-0.4, -0.2) is 4.98 Å². The van der Waals surface area contributed by atoms with Gasteiger partial charge in [-0.25, -0.2) is 26.3 Å². The summed E-state index contributed by atoms with van der Waals surface area (Å²) >= 11 is 0. The fourth-order valence-electron chi connectivity index (χ4n) is 1.46. The number of benzene rings is 1. The van der Waals surface area contributed by atoms with Crippen molar-refractivity contribution in [1.82, 2.24) is 4.98 Å². The molecule has 0 aliphatic carbocycles. The molecule has 2 nitrogen and oxygen atoms in total. The van der Waals surface area contributed by atoms with Crippen molar-refractivity contribution in [2.45, 2.75) is 0 Å². The van der Waals surface area contributed by atoms with Crippen LogP contribution in [0.5, 0.6) is 0 Å². The first-order valence-electron chi connectivity index (χ1n) is 4.74. The van der Waals surface area contributed by atoms with Crippen LogP contribution in [0.3, 0.4) is 0 Å². The number of hydrogen-bond acceptors (Lipinski definition) is 1. The molecule has 100 valence electrons. The molecule has 1 heterocycles. The van der Waals surface area contributed by atoms with Crippen molar-refractivity contribution in [3.05, 3.63) is 57.5 Å². The molecule has 2 rings (SSSR count). The Morgan fingerprint density at radius 1 is 0.789 bits per heavy atom. The molecule has 0 saturated heterocycles. The van der Waals surface area contributed by atoms with Crippen molar-refractivity contribution < 1.29 is 26.3 Å². The molecule has 0 spiro atoms.